The molecule has 2 aliphatic rings. The third kappa shape index (κ3) is 2.53. The van der Waals surface area contributed by atoms with Gasteiger partial charge >= 0.3 is 6.03 Å². The molecule has 1 aromatic heterocycles. The number of halogens is 2. The van der Waals surface area contributed by atoms with Gasteiger partial charge in [0.15, 0.2) is 0 Å². The molecule has 1 aliphatic carbocycles. The summed E-state index contributed by atoms with van der Waals surface area (Å²) < 4.78 is 13.2. The number of hydrogen-bond acceptors (Lipinski definition) is 3. The summed E-state index contributed by atoms with van der Waals surface area (Å²) in [5.41, 5.74) is 2.40. The highest BCUT2D eigenvalue weighted by atomic mass is 35.5. The first kappa shape index (κ1) is 15.1. The second kappa shape index (κ2) is 5.56. The Kier molecular flexibility index (Phi) is 3.49. The van der Waals surface area contributed by atoms with Crippen LogP contribution in [0.3, 0.4) is 0 Å². The van der Waals surface area contributed by atoms with Gasteiger partial charge in [-0.1, -0.05) is 17.7 Å². The van der Waals surface area contributed by atoms with E-state index in [1.807, 2.05) is 12.1 Å². The van der Waals surface area contributed by atoms with Crippen LogP contribution in [0.4, 0.5) is 9.18 Å². The summed E-state index contributed by atoms with van der Waals surface area (Å²) in [5, 5.41) is 2.59. The zero-order valence-electron chi connectivity index (χ0n) is 12.5. The van der Waals surface area contributed by atoms with Crippen LogP contribution in [-0.4, -0.2) is 34.4 Å². The first-order chi connectivity index (χ1) is 11.5. The van der Waals surface area contributed by atoms with Gasteiger partial charge in [0.25, 0.3) is 0 Å². The Morgan fingerprint density at radius 1 is 1.25 bits per heavy atom. The Morgan fingerprint density at radius 2 is 2.08 bits per heavy atom. The van der Waals surface area contributed by atoms with E-state index in [9.17, 15) is 14.0 Å². The molecule has 2 aromatic rings. The van der Waals surface area contributed by atoms with Crippen LogP contribution in [0.25, 0.3) is 11.3 Å². The lowest BCUT2D eigenvalue weighted by molar-refractivity contribution is -0.125. The average Bonchev–Trinajstić information content (AvgIpc) is 3.29. The zero-order chi connectivity index (χ0) is 16.8. The molecule has 122 valence electrons. The van der Waals surface area contributed by atoms with Gasteiger partial charge in [-0.15, -0.1) is 0 Å². The molecule has 5 nitrogen and oxygen atoms in total. The molecule has 1 aromatic carbocycles. The lowest BCUT2D eigenvalue weighted by atomic mass is 10.1. The lowest BCUT2D eigenvalue weighted by Crippen LogP contribution is -2.33. The van der Waals surface area contributed by atoms with Crippen LogP contribution in [-0.2, 0) is 4.79 Å². The molecule has 0 spiro atoms. The maximum atomic E-state index is 13.2. The van der Waals surface area contributed by atoms with E-state index in [0.717, 1.165) is 17.5 Å². The van der Waals surface area contributed by atoms with Crippen LogP contribution >= 0.6 is 11.6 Å². The minimum atomic E-state index is -0.466. The number of carbonyl (C=O) groups excluding carboxylic acids is 2. The molecule has 2 fully saturated rings. The number of urea groups is 1. The average molecular weight is 346 g/mol. The second-order valence-corrected chi connectivity index (χ2v) is 6.34. The van der Waals surface area contributed by atoms with Gasteiger partial charge in [-0.2, -0.15) is 0 Å². The Hall–Kier alpha value is -2.47. The summed E-state index contributed by atoms with van der Waals surface area (Å²) in [6.45, 7) is 0.0740. The van der Waals surface area contributed by atoms with Crippen LogP contribution in [0.2, 0.25) is 5.02 Å². The molecule has 2 atom stereocenters. The van der Waals surface area contributed by atoms with Crippen molar-refractivity contribution >= 4 is 23.5 Å². The predicted octanol–water partition coefficient (Wildman–Crippen LogP) is 2.95. The van der Waals surface area contributed by atoms with E-state index >= 15 is 0 Å². The molecule has 2 heterocycles. The third-order valence-electron chi connectivity index (χ3n) is 4.40. The van der Waals surface area contributed by atoms with Gasteiger partial charge in [0.2, 0.25) is 5.91 Å². The molecule has 4 rings (SSSR count). The second-order valence-electron chi connectivity index (χ2n) is 5.94. The standard InChI is InChI=1S/C17H13ClFN3O2/c18-12-5-9(1-3-13(12)19)14-4-2-10(7-20-14)11-6-15(11)22-16(23)8-21-17(22)24/h1-5,7,11,15H,6,8H2,(H,21,24). The first-order valence-corrected chi connectivity index (χ1v) is 7.93. The van der Waals surface area contributed by atoms with Gasteiger partial charge in [0, 0.05) is 23.7 Å². The van der Waals surface area contributed by atoms with E-state index in [2.05, 4.69) is 10.3 Å². The minimum Gasteiger partial charge on any atom is -0.329 e. The summed E-state index contributed by atoms with van der Waals surface area (Å²) in [4.78, 5) is 29.1. The molecular weight excluding hydrogens is 333 g/mol. The quantitative estimate of drug-likeness (QED) is 0.870. The van der Waals surface area contributed by atoms with Crippen molar-refractivity contribution in [2.45, 2.75) is 18.4 Å². The topological polar surface area (TPSA) is 62.3 Å². The number of carbonyl (C=O) groups is 2. The number of nitrogens with zero attached hydrogens (tertiary/aromatic N) is 2. The van der Waals surface area contributed by atoms with Crippen LogP contribution in [0.15, 0.2) is 36.5 Å². The van der Waals surface area contributed by atoms with E-state index in [-0.39, 0.29) is 35.5 Å². The van der Waals surface area contributed by atoms with Gasteiger partial charge in [-0.25, -0.2) is 9.18 Å². The number of amides is 3. The monoisotopic (exact) mass is 345 g/mol. The molecule has 24 heavy (non-hydrogen) atoms. The number of rotatable bonds is 3. The number of imide groups is 1. The fourth-order valence-electron chi connectivity index (χ4n) is 3.05. The summed E-state index contributed by atoms with van der Waals surface area (Å²) in [7, 11) is 0. The fourth-order valence-corrected chi connectivity index (χ4v) is 3.23. The van der Waals surface area contributed by atoms with E-state index in [0.29, 0.717) is 5.69 Å². The number of pyridine rings is 1. The lowest BCUT2D eigenvalue weighted by Gasteiger charge is -2.12. The zero-order valence-corrected chi connectivity index (χ0v) is 13.3. The highest BCUT2D eigenvalue weighted by Crippen LogP contribution is 2.45. The highest BCUT2D eigenvalue weighted by Gasteiger charge is 2.49. The van der Waals surface area contributed by atoms with Gasteiger partial charge in [0.1, 0.15) is 5.82 Å². The molecule has 7 heteroatoms. The van der Waals surface area contributed by atoms with Crippen molar-refractivity contribution in [3.63, 3.8) is 0 Å². The van der Waals surface area contributed by atoms with Crippen LogP contribution < -0.4 is 5.32 Å². The van der Waals surface area contributed by atoms with E-state index < -0.39 is 5.82 Å². The van der Waals surface area contributed by atoms with E-state index in [1.165, 1.54) is 17.0 Å². The maximum absolute atomic E-state index is 13.2. The molecule has 2 unspecified atom stereocenters. The fraction of sp³-hybridized carbons (Fsp3) is 0.235. The Balaban J connectivity index is 1.52. The molecule has 3 amide bonds. The van der Waals surface area contributed by atoms with Gasteiger partial charge in [-0.05, 0) is 36.2 Å². The summed E-state index contributed by atoms with van der Waals surface area (Å²) in [5.74, 6) is -0.527. The van der Waals surface area contributed by atoms with Gasteiger partial charge in [-0.3, -0.25) is 14.7 Å². The Bertz CT molecular complexity index is 824. The van der Waals surface area contributed by atoms with Crippen LogP contribution in [0.1, 0.15) is 17.9 Å². The molecule has 1 aliphatic heterocycles. The molecule has 0 bridgehead atoms. The Labute approximate surface area is 142 Å². The smallest absolute Gasteiger partial charge is 0.324 e. The predicted molar refractivity (Wildman–Crippen MR) is 86.0 cm³/mol. The van der Waals surface area contributed by atoms with Crippen molar-refractivity contribution in [3.8, 4) is 11.3 Å². The Morgan fingerprint density at radius 3 is 2.71 bits per heavy atom. The highest BCUT2D eigenvalue weighted by molar-refractivity contribution is 6.31. The SMILES string of the molecule is O=C1CNC(=O)N1C1CC1c1ccc(-c2ccc(F)c(Cl)c2)nc1. The minimum absolute atomic E-state index is 0.0548. The molecular formula is C17H13ClFN3O2. The van der Waals surface area contributed by atoms with Crippen molar-refractivity contribution in [1.82, 2.24) is 15.2 Å². The number of nitrogens with one attached hydrogen (secondary N) is 1. The third-order valence-corrected chi connectivity index (χ3v) is 4.69. The van der Waals surface area contributed by atoms with Crippen LogP contribution in [0, 0.1) is 5.82 Å². The van der Waals surface area contributed by atoms with Crippen molar-refractivity contribution in [2.75, 3.05) is 6.54 Å². The normalized spacial score (nSPS) is 22.7. The summed E-state index contributed by atoms with van der Waals surface area (Å²) >= 11 is 5.80. The first-order valence-electron chi connectivity index (χ1n) is 7.56. The summed E-state index contributed by atoms with van der Waals surface area (Å²) in [6, 6.07) is 7.80. The van der Waals surface area contributed by atoms with Gasteiger partial charge in [0.05, 0.1) is 17.3 Å². The molecule has 1 saturated carbocycles. The number of aromatic nitrogens is 1. The van der Waals surface area contributed by atoms with E-state index in [4.69, 9.17) is 11.6 Å². The maximum Gasteiger partial charge on any atom is 0.324 e. The van der Waals surface area contributed by atoms with Crippen molar-refractivity contribution in [3.05, 3.63) is 52.9 Å². The van der Waals surface area contributed by atoms with Crippen molar-refractivity contribution in [2.24, 2.45) is 0 Å². The number of hydrogen-bond donors (Lipinski definition) is 1. The van der Waals surface area contributed by atoms with Gasteiger partial charge < -0.3 is 5.32 Å². The molecule has 0 radical (unpaired) electrons. The van der Waals surface area contributed by atoms with E-state index in [1.54, 1.807) is 12.3 Å². The van der Waals surface area contributed by atoms with Crippen LogP contribution in [0.5, 0.6) is 0 Å². The largest absolute Gasteiger partial charge is 0.329 e. The van der Waals surface area contributed by atoms with Crippen molar-refractivity contribution in [1.29, 1.82) is 0 Å². The summed E-state index contributed by atoms with van der Waals surface area (Å²) in [6.07, 6.45) is 2.48. The number of benzene rings is 1. The van der Waals surface area contributed by atoms with Crippen molar-refractivity contribution < 1.29 is 14.0 Å². The molecule has 1 saturated heterocycles. The molecule has 1 N–H and O–H groups in total.